The molecule has 0 radical (unpaired) electrons. The van der Waals surface area contributed by atoms with Gasteiger partial charge in [0.05, 0.1) is 30.9 Å². The molecule has 2 unspecified atom stereocenters. The van der Waals surface area contributed by atoms with Crippen LogP contribution in [0.1, 0.15) is 36.2 Å². The predicted molar refractivity (Wildman–Crippen MR) is 157 cm³/mol. The Hall–Kier alpha value is -3.40. The average molecular weight is 602 g/mol. The summed E-state index contributed by atoms with van der Waals surface area (Å²) >= 11 is 13.0. The zero-order valence-electron chi connectivity index (χ0n) is 22.8. The molecule has 1 saturated heterocycles. The van der Waals surface area contributed by atoms with Gasteiger partial charge < -0.3 is 26.4 Å². The third-order valence-corrected chi connectivity index (χ3v) is 8.90. The first-order chi connectivity index (χ1) is 19.4. The molecule has 5 N–H and O–H groups in total. The Bertz CT molecular complexity index is 1490. The fourth-order valence-electron chi connectivity index (χ4n) is 6.43. The van der Waals surface area contributed by atoms with Crippen LogP contribution in [0, 0.1) is 17.3 Å². The van der Waals surface area contributed by atoms with Crippen molar-refractivity contribution in [2.75, 3.05) is 24.4 Å². The SMILES string of the molecule is COc1cc(C(N)=O)ccc1NC(=O)[C@@H]1N[C@@H](CC(C)(C)CF)[C@@]2(C(=O)Nc3cc(Cl)ccc32)C1C1C=CC=C1Cl. The molecule has 1 fully saturated rings. The van der Waals surface area contributed by atoms with Gasteiger partial charge >= 0.3 is 0 Å². The third kappa shape index (κ3) is 4.90. The highest BCUT2D eigenvalue weighted by Gasteiger charge is 2.67. The monoisotopic (exact) mass is 600 g/mol. The molecule has 5 atom stereocenters. The first kappa shape index (κ1) is 29.1. The smallest absolute Gasteiger partial charge is 0.248 e. The molecule has 2 aromatic carbocycles. The van der Waals surface area contributed by atoms with Gasteiger partial charge in [0.25, 0.3) is 0 Å². The van der Waals surface area contributed by atoms with Gasteiger partial charge in [0.15, 0.2) is 0 Å². The van der Waals surface area contributed by atoms with Gasteiger partial charge in [-0.25, -0.2) is 0 Å². The number of halogens is 3. The van der Waals surface area contributed by atoms with Crippen LogP contribution < -0.4 is 26.4 Å². The number of primary amides is 1. The van der Waals surface area contributed by atoms with Crippen LogP contribution in [0.2, 0.25) is 5.02 Å². The number of anilines is 2. The number of ether oxygens (including phenoxy) is 1. The summed E-state index contributed by atoms with van der Waals surface area (Å²) in [4.78, 5) is 40.0. The van der Waals surface area contributed by atoms with Crippen molar-refractivity contribution in [3.63, 3.8) is 0 Å². The number of nitrogens with one attached hydrogen (secondary N) is 3. The van der Waals surface area contributed by atoms with E-state index in [9.17, 15) is 18.8 Å². The highest BCUT2D eigenvalue weighted by molar-refractivity contribution is 6.31. The number of carbonyl (C=O) groups excluding carboxylic acids is 3. The van der Waals surface area contributed by atoms with Crippen LogP contribution in [0.3, 0.4) is 0 Å². The van der Waals surface area contributed by atoms with Gasteiger partial charge in [-0.2, -0.15) is 0 Å². The molecule has 216 valence electrons. The first-order valence-electron chi connectivity index (χ1n) is 13.2. The Balaban J connectivity index is 1.64. The summed E-state index contributed by atoms with van der Waals surface area (Å²) in [6, 6.07) is 8.07. The normalized spacial score (nSPS) is 26.6. The Labute approximate surface area is 247 Å². The van der Waals surface area contributed by atoms with E-state index in [0.717, 1.165) is 0 Å². The fraction of sp³-hybridized carbons (Fsp3) is 0.367. The highest BCUT2D eigenvalue weighted by atomic mass is 35.5. The van der Waals surface area contributed by atoms with Gasteiger partial charge in [0.1, 0.15) is 5.75 Å². The number of fused-ring (bicyclic) bond motifs is 2. The van der Waals surface area contributed by atoms with E-state index in [0.29, 0.717) is 27.0 Å². The topological polar surface area (TPSA) is 123 Å². The molecule has 3 amide bonds. The van der Waals surface area contributed by atoms with Gasteiger partial charge in [0.2, 0.25) is 17.7 Å². The molecular formula is C30H31Cl2FN4O4. The standard InChI is InChI=1S/C30H31Cl2FN4O4/c1-29(2,14-33)13-23-30(18-9-8-16(31)12-21(18)36-28(30)40)24(17-5-4-6-19(17)32)25(37-23)27(39)35-20-10-7-15(26(34)38)11-22(20)41-3/h4-12,17,23-25,37H,13-14H2,1-3H3,(H2,34,38)(H,35,39)(H,36,40)/t17?,23-,24?,25+,30+/m0/s1. The van der Waals surface area contributed by atoms with Crippen LogP contribution in [-0.2, 0) is 15.0 Å². The Morgan fingerprint density at radius 2 is 1.95 bits per heavy atom. The van der Waals surface area contributed by atoms with Crippen LogP contribution in [0.4, 0.5) is 15.8 Å². The van der Waals surface area contributed by atoms with E-state index in [1.165, 1.54) is 25.3 Å². The maximum absolute atomic E-state index is 14.2. The van der Waals surface area contributed by atoms with Crippen molar-refractivity contribution >= 4 is 52.3 Å². The van der Waals surface area contributed by atoms with Gasteiger partial charge in [-0.15, -0.1) is 0 Å². The maximum Gasteiger partial charge on any atom is 0.248 e. The van der Waals surface area contributed by atoms with Crippen LogP contribution in [0.15, 0.2) is 59.7 Å². The van der Waals surface area contributed by atoms with Crippen molar-refractivity contribution in [1.29, 1.82) is 0 Å². The minimum absolute atomic E-state index is 0.218. The highest BCUT2D eigenvalue weighted by Crippen LogP contribution is 2.57. The molecule has 3 aliphatic rings. The second-order valence-corrected chi connectivity index (χ2v) is 12.3. The van der Waals surface area contributed by atoms with Gasteiger partial charge in [0, 0.05) is 39.2 Å². The van der Waals surface area contributed by atoms with E-state index in [1.54, 1.807) is 44.2 Å². The van der Waals surface area contributed by atoms with Crippen LogP contribution >= 0.6 is 23.2 Å². The van der Waals surface area contributed by atoms with Crippen LogP contribution in [-0.4, -0.2) is 43.6 Å². The number of nitrogens with two attached hydrogens (primary N) is 1. The second-order valence-electron chi connectivity index (χ2n) is 11.5. The number of carbonyl (C=O) groups is 3. The van der Waals surface area contributed by atoms with E-state index in [-0.39, 0.29) is 23.6 Å². The lowest BCUT2D eigenvalue weighted by molar-refractivity contribution is -0.124. The van der Waals surface area contributed by atoms with E-state index in [4.69, 9.17) is 33.7 Å². The molecule has 5 rings (SSSR count). The molecule has 11 heteroatoms. The first-order valence-corrected chi connectivity index (χ1v) is 13.9. The number of hydrogen-bond acceptors (Lipinski definition) is 5. The molecule has 2 heterocycles. The number of hydrogen-bond donors (Lipinski definition) is 4. The van der Waals surface area contributed by atoms with Crippen molar-refractivity contribution in [1.82, 2.24) is 5.32 Å². The summed E-state index contributed by atoms with van der Waals surface area (Å²) < 4.78 is 19.6. The lowest BCUT2D eigenvalue weighted by atomic mass is 9.61. The van der Waals surface area contributed by atoms with Crippen molar-refractivity contribution in [3.05, 3.63) is 75.8 Å². The minimum atomic E-state index is -1.28. The van der Waals surface area contributed by atoms with Crippen molar-refractivity contribution in [2.45, 2.75) is 37.8 Å². The molecule has 1 aliphatic carbocycles. The van der Waals surface area contributed by atoms with Crippen LogP contribution in [0.25, 0.3) is 0 Å². The van der Waals surface area contributed by atoms with Gasteiger partial charge in [-0.1, -0.05) is 55.3 Å². The molecule has 1 spiro atoms. The van der Waals surface area contributed by atoms with Crippen LogP contribution in [0.5, 0.6) is 5.75 Å². The average Bonchev–Trinajstić information content (AvgIpc) is 3.57. The molecule has 41 heavy (non-hydrogen) atoms. The second kappa shape index (κ2) is 10.8. The fourth-order valence-corrected chi connectivity index (χ4v) is 6.88. The molecule has 8 nitrogen and oxygen atoms in total. The molecule has 0 aromatic heterocycles. The molecule has 2 aromatic rings. The number of alkyl halides is 1. The van der Waals surface area contributed by atoms with E-state index in [1.807, 2.05) is 6.08 Å². The lowest BCUT2D eigenvalue weighted by Crippen LogP contribution is -2.52. The molecular weight excluding hydrogens is 570 g/mol. The van der Waals surface area contributed by atoms with Gasteiger partial charge in [-0.3, -0.25) is 18.8 Å². The molecule has 0 bridgehead atoms. The van der Waals surface area contributed by atoms with Crippen molar-refractivity contribution in [2.24, 2.45) is 23.0 Å². The largest absolute Gasteiger partial charge is 0.495 e. The van der Waals surface area contributed by atoms with Gasteiger partial charge in [-0.05, 0) is 53.8 Å². The quantitative estimate of drug-likeness (QED) is 0.342. The zero-order chi connectivity index (χ0) is 29.7. The number of allylic oxidation sites excluding steroid dienone is 4. The summed E-state index contributed by atoms with van der Waals surface area (Å²) in [6.07, 6.45) is 5.68. The minimum Gasteiger partial charge on any atom is -0.495 e. The third-order valence-electron chi connectivity index (χ3n) is 8.29. The summed E-state index contributed by atoms with van der Waals surface area (Å²) in [5.41, 5.74) is 5.09. The van der Waals surface area contributed by atoms with E-state index in [2.05, 4.69) is 16.0 Å². The number of amides is 3. The van der Waals surface area contributed by atoms with Crippen molar-refractivity contribution < 1.29 is 23.5 Å². The summed E-state index contributed by atoms with van der Waals surface area (Å²) in [5, 5.41) is 10.2. The van der Waals surface area contributed by atoms with Crippen molar-refractivity contribution in [3.8, 4) is 5.75 Å². The predicted octanol–water partition coefficient (Wildman–Crippen LogP) is 4.93. The van der Waals surface area contributed by atoms with E-state index < -0.39 is 53.2 Å². The Kier molecular flexibility index (Phi) is 7.65. The molecule has 0 saturated carbocycles. The number of benzene rings is 2. The summed E-state index contributed by atoms with van der Waals surface area (Å²) in [6.45, 7) is 2.95. The summed E-state index contributed by atoms with van der Waals surface area (Å²) in [5.74, 6) is -2.32. The zero-order valence-corrected chi connectivity index (χ0v) is 24.3. The Morgan fingerprint density at radius 1 is 1.20 bits per heavy atom. The lowest BCUT2D eigenvalue weighted by Gasteiger charge is -2.39. The Morgan fingerprint density at radius 3 is 2.59 bits per heavy atom. The molecule has 2 aliphatic heterocycles. The number of rotatable bonds is 8. The maximum atomic E-state index is 14.2. The summed E-state index contributed by atoms with van der Waals surface area (Å²) in [7, 11) is 1.41. The number of methoxy groups -OCH3 is 1. The van der Waals surface area contributed by atoms with E-state index >= 15 is 0 Å².